The summed E-state index contributed by atoms with van der Waals surface area (Å²) in [6.07, 6.45) is 4.45. The molecule has 1 aliphatic rings. The fourth-order valence-corrected chi connectivity index (χ4v) is 2.61. The Morgan fingerprint density at radius 1 is 1.39 bits per heavy atom. The molecule has 18 heavy (non-hydrogen) atoms. The molecule has 1 saturated carbocycles. The Balaban J connectivity index is 2.14. The fraction of sp³-hybridized carbons (Fsp3) is 0.600. The van der Waals surface area contributed by atoms with E-state index in [0.29, 0.717) is 19.0 Å². The molecule has 0 spiro atoms. The molecule has 0 heterocycles. The molecule has 2 N–H and O–H groups in total. The van der Waals surface area contributed by atoms with Gasteiger partial charge in [0.2, 0.25) is 0 Å². The Bertz CT molecular complexity index is 403. The van der Waals surface area contributed by atoms with E-state index in [1.54, 1.807) is 6.07 Å². The maximum Gasteiger partial charge on any atom is 0.126 e. The number of hydrogen-bond donors (Lipinski definition) is 1. The summed E-state index contributed by atoms with van der Waals surface area (Å²) in [5, 5.41) is 0. The third-order valence-corrected chi connectivity index (χ3v) is 4.44. The second-order valence-corrected chi connectivity index (χ2v) is 5.66. The van der Waals surface area contributed by atoms with Crippen LogP contribution in [0.25, 0.3) is 0 Å². The molecule has 1 aromatic carbocycles. The van der Waals surface area contributed by atoms with Crippen molar-refractivity contribution < 1.29 is 4.39 Å². The van der Waals surface area contributed by atoms with Crippen LogP contribution in [-0.4, -0.2) is 30.1 Å². The van der Waals surface area contributed by atoms with Crippen molar-refractivity contribution in [3.8, 4) is 0 Å². The van der Waals surface area contributed by atoms with E-state index in [1.165, 1.54) is 25.3 Å². The largest absolute Gasteiger partial charge is 0.329 e. The first-order valence-corrected chi connectivity index (χ1v) is 6.73. The molecule has 2 nitrogen and oxygen atoms in total. The van der Waals surface area contributed by atoms with E-state index in [2.05, 4.69) is 18.9 Å². The van der Waals surface area contributed by atoms with Crippen molar-refractivity contribution in [2.75, 3.05) is 13.6 Å². The van der Waals surface area contributed by atoms with Crippen LogP contribution < -0.4 is 5.73 Å². The lowest BCUT2D eigenvalue weighted by molar-refractivity contribution is 0.0494. The van der Waals surface area contributed by atoms with Gasteiger partial charge in [0.1, 0.15) is 5.82 Å². The monoisotopic (exact) mass is 250 g/mol. The quantitative estimate of drug-likeness (QED) is 0.870. The molecule has 0 aliphatic heterocycles. The normalized spacial score (nSPS) is 19.6. The zero-order valence-electron chi connectivity index (χ0n) is 11.3. The van der Waals surface area contributed by atoms with Crippen LogP contribution in [0.2, 0.25) is 0 Å². The van der Waals surface area contributed by atoms with Crippen molar-refractivity contribution in [1.29, 1.82) is 0 Å². The van der Waals surface area contributed by atoms with Crippen molar-refractivity contribution >= 4 is 0 Å². The van der Waals surface area contributed by atoms with E-state index in [0.717, 1.165) is 5.56 Å². The SMILES string of the molecule is CN(C1CCC1)C(C)(CN)Cc1ccccc1F. The molecule has 2 rings (SSSR count). The molecule has 3 heteroatoms. The van der Waals surface area contributed by atoms with Crippen molar-refractivity contribution in [3.63, 3.8) is 0 Å². The summed E-state index contributed by atoms with van der Waals surface area (Å²) in [6.45, 7) is 2.69. The molecular formula is C15H23FN2. The van der Waals surface area contributed by atoms with Crippen LogP contribution in [0.5, 0.6) is 0 Å². The highest BCUT2D eigenvalue weighted by molar-refractivity contribution is 5.20. The number of nitrogens with zero attached hydrogens (tertiary/aromatic N) is 1. The average molecular weight is 250 g/mol. The first-order chi connectivity index (χ1) is 8.57. The van der Waals surface area contributed by atoms with Gasteiger partial charge in [-0.1, -0.05) is 24.6 Å². The lowest BCUT2D eigenvalue weighted by Crippen LogP contribution is -2.57. The number of hydrogen-bond acceptors (Lipinski definition) is 2. The molecule has 0 bridgehead atoms. The van der Waals surface area contributed by atoms with Crippen LogP contribution in [0.4, 0.5) is 4.39 Å². The zero-order chi connectivity index (χ0) is 13.2. The van der Waals surface area contributed by atoms with Crippen LogP contribution in [0.15, 0.2) is 24.3 Å². The maximum atomic E-state index is 13.8. The van der Waals surface area contributed by atoms with E-state index >= 15 is 0 Å². The van der Waals surface area contributed by atoms with Crippen molar-refractivity contribution in [1.82, 2.24) is 4.90 Å². The lowest BCUT2D eigenvalue weighted by atomic mass is 9.84. The van der Waals surface area contributed by atoms with Crippen LogP contribution >= 0.6 is 0 Å². The van der Waals surface area contributed by atoms with Crippen LogP contribution in [0.3, 0.4) is 0 Å². The van der Waals surface area contributed by atoms with Gasteiger partial charge in [-0.3, -0.25) is 4.90 Å². The van der Waals surface area contributed by atoms with E-state index in [9.17, 15) is 4.39 Å². The van der Waals surface area contributed by atoms with Gasteiger partial charge in [0.15, 0.2) is 0 Å². The highest BCUT2D eigenvalue weighted by Gasteiger charge is 2.35. The summed E-state index contributed by atoms with van der Waals surface area (Å²) in [5.74, 6) is -0.126. The van der Waals surface area contributed by atoms with Crippen molar-refractivity contribution in [2.24, 2.45) is 5.73 Å². The predicted molar refractivity (Wildman–Crippen MR) is 73.0 cm³/mol. The Morgan fingerprint density at radius 3 is 2.56 bits per heavy atom. The number of nitrogens with two attached hydrogens (primary N) is 1. The average Bonchev–Trinajstić information content (AvgIpc) is 2.29. The minimum absolute atomic E-state index is 0.126. The highest BCUT2D eigenvalue weighted by atomic mass is 19.1. The molecule has 1 unspecified atom stereocenters. The summed E-state index contributed by atoms with van der Waals surface area (Å²) in [6, 6.07) is 7.62. The molecule has 0 radical (unpaired) electrons. The number of halogens is 1. The van der Waals surface area contributed by atoms with Gasteiger partial charge in [0.05, 0.1) is 0 Å². The van der Waals surface area contributed by atoms with Gasteiger partial charge < -0.3 is 5.73 Å². The smallest absolute Gasteiger partial charge is 0.126 e. The Morgan fingerprint density at radius 2 is 2.06 bits per heavy atom. The van der Waals surface area contributed by atoms with Gasteiger partial charge in [0, 0.05) is 18.1 Å². The second kappa shape index (κ2) is 5.37. The van der Waals surface area contributed by atoms with Crippen LogP contribution in [0.1, 0.15) is 31.7 Å². The summed E-state index contributed by atoms with van der Waals surface area (Å²) >= 11 is 0. The predicted octanol–water partition coefficient (Wildman–Crippen LogP) is 2.57. The molecule has 1 fully saturated rings. The van der Waals surface area contributed by atoms with Crippen molar-refractivity contribution in [3.05, 3.63) is 35.6 Å². The Kier molecular flexibility index (Phi) is 4.03. The third kappa shape index (κ3) is 2.57. The molecule has 0 aromatic heterocycles. The maximum absolute atomic E-state index is 13.8. The lowest BCUT2D eigenvalue weighted by Gasteiger charge is -2.46. The van der Waals surface area contributed by atoms with Gasteiger partial charge in [-0.05, 0) is 44.9 Å². The van der Waals surface area contributed by atoms with Gasteiger partial charge in [-0.25, -0.2) is 4.39 Å². The summed E-state index contributed by atoms with van der Waals surface area (Å²) in [7, 11) is 2.12. The Hall–Kier alpha value is -0.930. The number of rotatable bonds is 5. The fourth-order valence-electron chi connectivity index (χ4n) is 2.61. The van der Waals surface area contributed by atoms with Gasteiger partial charge >= 0.3 is 0 Å². The first-order valence-electron chi connectivity index (χ1n) is 6.73. The zero-order valence-corrected chi connectivity index (χ0v) is 11.3. The summed E-state index contributed by atoms with van der Waals surface area (Å²) in [4.78, 5) is 2.35. The van der Waals surface area contributed by atoms with Gasteiger partial charge in [0.25, 0.3) is 0 Å². The molecule has 1 aliphatic carbocycles. The minimum atomic E-state index is -0.159. The Labute approximate surface area is 109 Å². The van der Waals surface area contributed by atoms with E-state index < -0.39 is 0 Å². The number of benzene rings is 1. The van der Waals surface area contributed by atoms with E-state index in [-0.39, 0.29) is 11.4 Å². The molecule has 0 saturated heterocycles. The highest BCUT2D eigenvalue weighted by Crippen LogP contribution is 2.31. The summed E-state index contributed by atoms with van der Waals surface area (Å²) < 4.78 is 13.8. The molecule has 1 atom stereocenters. The topological polar surface area (TPSA) is 29.3 Å². The summed E-state index contributed by atoms with van der Waals surface area (Å²) in [5.41, 5.74) is 6.56. The van der Waals surface area contributed by atoms with Crippen LogP contribution in [0, 0.1) is 5.82 Å². The van der Waals surface area contributed by atoms with Gasteiger partial charge in [-0.15, -0.1) is 0 Å². The van der Waals surface area contributed by atoms with Crippen molar-refractivity contribution in [2.45, 2.75) is 44.2 Å². The number of likely N-dealkylation sites (N-methyl/N-ethyl adjacent to an activating group) is 1. The first kappa shape index (κ1) is 13.5. The second-order valence-electron chi connectivity index (χ2n) is 5.66. The van der Waals surface area contributed by atoms with Gasteiger partial charge in [-0.2, -0.15) is 0 Å². The van der Waals surface area contributed by atoms with E-state index in [1.807, 2.05) is 12.1 Å². The minimum Gasteiger partial charge on any atom is -0.329 e. The standard InChI is InChI=1S/C15H23FN2/c1-15(11-17,18(2)13-7-5-8-13)10-12-6-3-4-9-14(12)16/h3-4,6,9,13H,5,7-8,10-11,17H2,1-2H3. The molecule has 0 amide bonds. The molecular weight excluding hydrogens is 227 g/mol. The van der Waals surface area contributed by atoms with Crippen LogP contribution in [-0.2, 0) is 6.42 Å². The molecule has 1 aromatic rings. The molecule has 100 valence electrons. The third-order valence-electron chi connectivity index (χ3n) is 4.44. The van der Waals surface area contributed by atoms with E-state index in [4.69, 9.17) is 5.73 Å².